The number of nitrogens with zero attached hydrogens (tertiary/aromatic N) is 1. The number of benzene rings is 1. The monoisotopic (exact) mass is 344 g/mol. The van der Waals surface area contributed by atoms with Crippen LogP contribution in [-0.2, 0) is 4.79 Å². The standard InChI is InChI=1S/C19H24N2O4/c1-13-6-5-7-14(2)19(13)25-11-9-17(23)21-16(12-22)18(24)15-8-3-4-10-20-15/h3-8,10,16,18,22,24H,9,11-12H2,1-2H3,(H,21,23). The Morgan fingerprint density at radius 2 is 1.92 bits per heavy atom. The number of carbonyl (C=O) groups is 1. The van der Waals surface area contributed by atoms with Crippen LogP contribution in [0.1, 0.15) is 29.3 Å². The molecule has 2 unspecified atom stereocenters. The van der Waals surface area contributed by atoms with Crippen molar-refractivity contribution in [3.63, 3.8) is 0 Å². The highest BCUT2D eigenvalue weighted by molar-refractivity contribution is 5.76. The van der Waals surface area contributed by atoms with Crippen molar-refractivity contribution >= 4 is 5.91 Å². The smallest absolute Gasteiger partial charge is 0.223 e. The lowest BCUT2D eigenvalue weighted by atomic mass is 10.1. The molecule has 0 fully saturated rings. The molecule has 1 aromatic heterocycles. The molecule has 6 nitrogen and oxygen atoms in total. The molecule has 2 rings (SSSR count). The third-order valence-electron chi connectivity index (χ3n) is 3.90. The summed E-state index contributed by atoms with van der Waals surface area (Å²) in [6.07, 6.45) is 0.599. The SMILES string of the molecule is Cc1cccc(C)c1OCCC(=O)NC(CO)C(O)c1ccccn1. The number of aliphatic hydroxyl groups is 2. The summed E-state index contributed by atoms with van der Waals surface area (Å²) >= 11 is 0. The molecule has 134 valence electrons. The first-order valence-electron chi connectivity index (χ1n) is 8.21. The van der Waals surface area contributed by atoms with Crippen LogP contribution >= 0.6 is 0 Å². The Bertz CT molecular complexity index is 671. The first kappa shape index (κ1) is 18.9. The summed E-state index contributed by atoms with van der Waals surface area (Å²) in [5.41, 5.74) is 2.42. The Morgan fingerprint density at radius 3 is 2.52 bits per heavy atom. The zero-order chi connectivity index (χ0) is 18.2. The molecule has 0 bridgehead atoms. The minimum absolute atomic E-state index is 0.124. The van der Waals surface area contributed by atoms with Crippen molar-refractivity contribution in [3.8, 4) is 5.75 Å². The number of nitrogens with one attached hydrogen (secondary N) is 1. The molecule has 1 heterocycles. The second kappa shape index (κ2) is 9.15. The molecule has 1 amide bonds. The largest absolute Gasteiger partial charge is 0.493 e. The van der Waals surface area contributed by atoms with Crippen molar-refractivity contribution < 1.29 is 19.7 Å². The van der Waals surface area contributed by atoms with E-state index < -0.39 is 12.1 Å². The quantitative estimate of drug-likeness (QED) is 0.678. The predicted molar refractivity (Wildman–Crippen MR) is 94.2 cm³/mol. The molecule has 0 radical (unpaired) electrons. The van der Waals surface area contributed by atoms with E-state index in [1.54, 1.807) is 24.4 Å². The van der Waals surface area contributed by atoms with E-state index in [0.29, 0.717) is 5.69 Å². The van der Waals surface area contributed by atoms with Crippen LogP contribution in [0.4, 0.5) is 0 Å². The van der Waals surface area contributed by atoms with Crippen LogP contribution in [0.5, 0.6) is 5.75 Å². The lowest BCUT2D eigenvalue weighted by Crippen LogP contribution is -2.42. The summed E-state index contributed by atoms with van der Waals surface area (Å²) < 4.78 is 5.70. The lowest BCUT2D eigenvalue weighted by molar-refractivity contribution is -0.123. The Morgan fingerprint density at radius 1 is 1.20 bits per heavy atom. The molecule has 0 aliphatic rings. The van der Waals surface area contributed by atoms with E-state index in [1.807, 2.05) is 32.0 Å². The molecule has 0 spiro atoms. The third kappa shape index (κ3) is 5.27. The molecule has 0 saturated carbocycles. The number of para-hydroxylation sites is 1. The summed E-state index contributed by atoms with van der Waals surface area (Å²) in [5, 5.41) is 22.3. The molecule has 3 N–H and O–H groups in total. The van der Waals surface area contributed by atoms with Crippen LogP contribution < -0.4 is 10.1 Å². The van der Waals surface area contributed by atoms with Crippen LogP contribution in [0, 0.1) is 13.8 Å². The zero-order valence-corrected chi connectivity index (χ0v) is 14.5. The Hall–Kier alpha value is -2.44. The van der Waals surface area contributed by atoms with Crippen LogP contribution in [0.25, 0.3) is 0 Å². The maximum absolute atomic E-state index is 12.1. The third-order valence-corrected chi connectivity index (χ3v) is 3.90. The number of pyridine rings is 1. The fourth-order valence-corrected chi connectivity index (χ4v) is 2.53. The van der Waals surface area contributed by atoms with Crippen molar-refractivity contribution in [2.24, 2.45) is 0 Å². The summed E-state index contributed by atoms with van der Waals surface area (Å²) in [5.74, 6) is 0.475. The number of hydrogen-bond donors (Lipinski definition) is 3. The Balaban J connectivity index is 1.86. The maximum Gasteiger partial charge on any atom is 0.223 e. The summed E-state index contributed by atoms with van der Waals surface area (Å²) in [7, 11) is 0. The van der Waals surface area contributed by atoms with Crippen LogP contribution in [0.15, 0.2) is 42.6 Å². The van der Waals surface area contributed by atoms with Crippen molar-refractivity contribution in [2.75, 3.05) is 13.2 Å². The maximum atomic E-state index is 12.1. The molecule has 2 aromatic rings. The van der Waals surface area contributed by atoms with Crippen LogP contribution in [0.3, 0.4) is 0 Å². The number of rotatable bonds is 8. The highest BCUT2D eigenvalue weighted by Gasteiger charge is 2.23. The first-order valence-corrected chi connectivity index (χ1v) is 8.21. The van der Waals surface area contributed by atoms with Gasteiger partial charge in [-0.3, -0.25) is 9.78 Å². The second-order valence-corrected chi connectivity index (χ2v) is 5.88. The Labute approximate surface area is 147 Å². The zero-order valence-electron chi connectivity index (χ0n) is 14.5. The van der Waals surface area contributed by atoms with Gasteiger partial charge >= 0.3 is 0 Å². The topological polar surface area (TPSA) is 91.7 Å². The van der Waals surface area contributed by atoms with Crippen LogP contribution in [-0.4, -0.2) is 40.4 Å². The average Bonchev–Trinajstić information content (AvgIpc) is 2.62. The van der Waals surface area contributed by atoms with E-state index >= 15 is 0 Å². The van der Waals surface area contributed by atoms with Gasteiger partial charge in [0.25, 0.3) is 0 Å². The van der Waals surface area contributed by atoms with Gasteiger partial charge < -0.3 is 20.3 Å². The molecular weight excluding hydrogens is 320 g/mol. The number of aryl methyl sites for hydroxylation is 2. The highest BCUT2D eigenvalue weighted by atomic mass is 16.5. The molecule has 25 heavy (non-hydrogen) atoms. The van der Waals surface area contributed by atoms with Crippen molar-refractivity contribution in [1.82, 2.24) is 10.3 Å². The molecule has 1 aromatic carbocycles. The van der Waals surface area contributed by atoms with Gasteiger partial charge in [0.05, 0.1) is 31.4 Å². The van der Waals surface area contributed by atoms with E-state index in [-0.39, 0.29) is 25.5 Å². The molecule has 6 heteroatoms. The van der Waals surface area contributed by atoms with E-state index in [9.17, 15) is 15.0 Å². The summed E-state index contributed by atoms with van der Waals surface area (Å²) in [6.45, 7) is 3.73. The summed E-state index contributed by atoms with van der Waals surface area (Å²) in [6, 6.07) is 10.1. The van der Waals surface area contributed by atoms with Gasteiger partial charge in [-0.25, -0.2) is 0 Å². The first-order chi connectivity index (χ1) is 12.0. The van der Waals surface area contributed by atoms with Gasteiger partial charge in [-0.1, -0.05) is 24.3 Å². The fraction of sp³-hybridized carbons (Fsp3) is 0.368. The predicted octanol–water partition coefficient (Wildman–Crippen LogP) is 1.68. The normalized spacial score (nSPS) is 13.1. The van der Waals surface area contributed by atoms with Gasteiger partial charge in [0.2, 0.25) is 5.91 Å². The van der Waals surface area contributed by atoms with Gasteiger partial charge in [-0.05, 0) is 37.1 Å². The number of aromatic nitrogens is 1. The number of aliphatic hydroxyl groups excluding tert-OH is 2. The van der Waals surface area contributed by atoms with E-state index in [1.165, 1.54) is 0 Å². The lowest BCUT2D eigenvalue weighted by Gasteiger charge is -2.22. The molecule has 0 aliphatic heterocycles. The molecule has 0 aliphatic carbocycles. The molecular formula is C19H24N2O4. The van der Waals surface area contributed by atoms with Crippen molar-refractivity contribution in [2.45, 2.75) is 32.4 Å². The minimum Gasteiger partial charge on any atom is -0.493 e. The van der Waals surface area contributed by atoms with E-state index in [4.69, 9.17) is 4.74 Å². The fourth-order valence-electron chi connectivity index (χ4n) is 2.53. The van der Waals surface area contributed by atoms with Gasteiger partial charge in [-0.2, -0.15) is 0 Å². The highest BCUT2D eigenvalue weighted by Crippen LogP contribution is 2.22. The van der Waals surface area contributed by atoms with Gasteiger partial charge in [-0.15, -0.1) is 0 Å². The van der Waals surface area contributed by atoms with Gasteiger partial charge in [0.15, 0.2) is 0 Å². The van der Waals surface area contributed by atoms with Gasteiger partial charge in [0, 0.05) is 6.20 Å². The average molecular weight is 344 g/mol. The molecule has 0 saturated heterocycles. The van der Waals surface area contributed by atoms with E-state index in [2.05, 4.69) is 10.3 Å². The number of amides is 1. The summed E-state index contributed by atoms with van der Waals surface area (Å²) in [4.78, 5) is 16.1. The number of hydrogen-bond acceptors (Lipinski definition) is 5. The van der Waals surface area contributed by atoms with Crippen LogP contribution in [0.2, 0.25) is 0 Å². The number of ether oxygens (including phenoxy) is 1. The second-order valence-electron chi connectivity index (χ2n) is 5.88. The molecule has 2 atom stereocenters. The van der Waals surface area contributed by atoms with E-state index in [0.717, 1.165) is 16.9 Å². The van der Waals surface area contributed by atoms with Crippen molar-refractivity contribution in [1.29, 1.82) is 0 Å². The minimum atomic E-state index is -1.07. The Kier molecular flexibility index (Phi) is 6.91. The van der Waals surface area contributed by atoms with Crippen molar-refractivity contribution in [3.05, 3.63) is 59.4 Å². The number of carbonyl (C=O) groups excluding carboxylic acids is 1. The van der Waals surface area contributed by atoms with Gasteiger partial charge in [0.1, 0.15) is 11.9 Å².